The second-order valence-electron chi connectivity index (χ2n) is 4.47. The van der Waals surface area contributed by atoms with Crippen molar-refractivity contribution in [3.8, 4) is 0 Å². The Bertz CT molecular complexity index is 545. The summed E-state index contributed by atoms with van der Waals surface area (Å²) in [6, 6.07) is 4.08. The quantitative estimate of drug-likeness (QED) is 0.721. The lowest BCUT2D eigenvalue weighted by molar-refractivity contribution is -0.122. The highest BCUT2D eigenvalue weighted by Gasteiger charge is 2.41. The van der Waals surface area contributed by atoms with E-state index in [-0.39, 0.29) is 22.8 Å². The molecule has 0 saturated carbocycles. The Morgan fingerprint density at radius 1 is 1.29 bits per heavy atom. The molecular formula is C12H11NO4. The highest BCUT2D eigenvalue weighted by atomic mass is 16.4. The molecule has 1 aliphatic heterocycles. The van der Waals surface area contributed by atoms with Gasteiger partial charge in [0.25, 0.3) is 0 Å². The molecule has 0 saturated heterocycles. The van der Waals surface area contributed by atoms with Crippen molar-refractivity contribution in [1.82, 2.24) is 0 Å². The zero-order valence-corrected chi connectivity index (χ0v) is 9.40. The largest absolute Gasteiger partial charge is 0.478 e. The maximum absolute atomic E-state index is 12.1. The maximum Gasteiger partial charge on any atom is 0.335 e. The van der Waals surface area contributed by atoms with Gasteiger partial charge in [0.1, 0.15) is 5.41 Å². The molecule has 1 aliphatic rings. The summed E-state index contributed by atoms with van der Waals surface area (Å²) in [4.78, 5) is 34.5. The molecule has 0 atom stereocenters. The van der Waals surface area contributed by atoms with E-state index in [1.54, 1.807) is 0 Å². The summed E-state index contributed by atoms with van der Waals surface area (Å²) in [5.74, 6) is -1.84. The lowest BCUT2D eigenvalue weighted by atomic mass is 9.79. The molecule has 17 heavy (non-hydrogen) atoms. The average Bonchev–Trinajstić information content (AvgIpc) is 2.26. The van der Waals surface area contributed by atoms with Crippen molar-refractivity contribution in [2.24, 2.45) is 5.41 Å². The number of fused-ring (bicyclic) bond motifs is 1. The van der Waals surface area contributed by atoms with Gasteiger partial charge in [0, 0.05) is 5.56 Å². The van der Waals surface area contributed by atoms with Gasteiger partial charge in [0.05, 0.1) is 11.3 Å². The predicted molar refractivity (Wildman–Crippen MR) is 60.1 cm³/mol. The van der Waals surface area contributed by atoms with Crippen molar-refractivity contribution < 1.29 is 19.5 Å². The van der Waals surface area contributed by atoms with Crippen molar-refractivity contribution in [1.29, 1.82) is 0 Å². The van der Waals surface area contributed by atoms with Crippen LogP contribution in [0.15, 0.2) is 18.2 Å². The van der Waals surface area contributed by atoms with Gasteiger partial charge in [-0.25, -0.2) is 4.79 Å². The SMILES string of the molecule is CC1(C)C(=O)Nc2ccc(C(=O)O)cc2C1=O. The summed E-state index contributed by atoms with van der Waals surface area (Å²) in [6.07, 6.45) is 0. The van der Waals surface area contributed by atoms with Crippen molar-refractivity contribution in [2.75, 3.05) is 5.32 Å². The number of anilines is 1. The molecule has 0 unspecified atom stereocenters. The number of hydrogen-bond acceptors (Lipinski definition) is 3. The third-order valence-corrected chi connectivity index (χ3v) is 2.89. The molecular weight excluding hydrogens is 222 g/mol. The monoisotopic (exact) mass is 233 g/mol. The van der Waals surface area contributed by atoms with E-state index >= 15 is 0 Å². The topological polar surface area (TPSA) is 83.5 Å². The molecule has 5 nitrogen and oxygen atoms in total. The molecule has 2 rings (SSSR count). The van der Waals surface area contributed by atoms with Gasteiger partial charge in [-0.05, 0) is 32.0 Å². The summed E-state index contributed by atoms with van der Waals surface area (Å²) in [5, 5.41) is 11.5. The molecule has 88 valence electrons. The molecule has 0 aromatic heterocycles. The van der Waals surface area contributed by atoms with Crippen LogP contribution in [0.3, 0.4) is 0 Å². The smallest absolute Gasteiger partial charge is 0.335 e. The standard InChI is InChI=1S/C12H11NO4/c1-12(2)9(14)7-5-6(10(15)16)3-4-8(7)13-11(12)17/h3-5H,1-2H3,(H,13,17)(H,15,16). The van der Waals surface area contributed by atoms with Crippen LogP contribution < -0.4 is 5.32 Å². The Morgan fingerprint density at radius 2 is 1.94 bits per heavy atom. The van der Waals surface area contributed by atoms with Crippen LogP contribution in [0.1, 0.15) is 34.6 Å². The van der Waals surface area contributed by atoms with E-state index in [1.165, 1.54) is 32.0 Å². The van der Waals surface area contributed by atoms with Crippen LogP contribution in [0, 0.1) is 5.41 Å². The minimum Gasteiger partial charge on any atom is -0.478 e. The van der Waals surface area contributed by atoms with Gasteiger partial charge in [-0.15, -0.1) is 0 Å². The molecule has 0 fully saturated rings. The fourth-order valence-corrected chi connectivity index (χ4v) is 1.69. The molecule has 0 spiro atoms. The Balaban J connectivity index is 2.60. The molecule has 0 bridgehead atoms. The molecule has 0 aliphatic carbocycles. The van der Waals surface area contributed by atoms with E-state index in [1.807, 2.05) is 0 Å². The number of carboxylic acid groups (broad SMARTS) is 1. The second kappa shape index (κ2) is 3.41. The highest BCUT2D eigenvalue weighted by molar-refractivity contribution is 6.23. The molecule has 5 heteroatoms. The first-order valence-electron chi connectivity index (χ1n) is 5.07. The summed E-state index contributed by atoms with van der Waals surface area (Å²) in [6.45, 7) is 3.03. The Hall–Kier alpha value is -2.17. The summed E-state index contributed by atoms with van der Waals surface area (Å²) in [7, 11) is 0. The zero-order valence-electron chi connectivity index (χ0n) is 9.40. The Kier molecular flexibility index (Phi) is 2.27. The third-order valence-electron chi connectivity index (χ3n) is 2.89. The second-order valence-corrected chi connectivity index (χ2v) is 4.47. The number of Topliss-reactive ketones (excluding diaryl/α,β-unsaturated/α-hetero) is 1. The number of aromatic carboxylic acids is 1. The summed E-state index contributed by atoms with van der Waals surface area (Å²) >= 11 is 0. The van der Waals surface area contributed by atoms with Gasteiger partial charge in [0.15, 0.2) is 5.78 Å². The number of rotatable bonds is 1. The van der Waals surface area contributed by atoms with E-state index in [9.17, 15) is 14.4 Å². The Morgan fingerprint density at radius 3 is 2.53 bits per heavy atom. The van der Waals surface area contributed by atoms with Gasteiger partial charge in [-0.2, -0.15) is 0 Å². The van der Waals surface area contributed by atoms with Crippen LogP contribution in [-0.2, 0) is 4.79 Å². The molecule has 1 amide bonds. The van der Waals surface area contributed by atoms with Crippen molar-refractivity contribution >= 4 is 23.3 Å². The number of nitrogens with one attached hydrogen (secondary N) is 1. The minimum atomic E-state index is -1.16. The normalized spacial score (nSPS) is 17.3. The van der Waals surface area contributed by atoms with Crippen LogP contribution in [0.2, 0.25) is 0 Å². The number of carbonyl (C=O) groups excluding carboxylic acids is 2. The van der Waals surface area contributed by atoms with Crippen LogP contribution in [0.25, 0.3) is 0 Å². The van der Waals surface area contributed by atoms with E-state index in [2.05, 4.69) is 5.32 Å². The fourth-order valence-electron chi connectivity index (χ4n) is 1.69. The van der Waals surface area contributed by atoms with E-state index in [0.717, 1.165) is 0 Å². The molecule has 1 aromatic rings. The lowest BCUT2D eigenvalue weighted by Crippen LogP contribution is -2.42. The van der Waals surface area contributed by atoms with Gasteiger partial charge >= 0.3 is 5.97 Å². The minimum absolute atomic E-state index is 0.0315. The highest BCUT2D eigenvalue weighted by Crippen LogP contribution is 2.33. The van der Waals surface area contributed by atoms with E-state index in [4.69, 9.17) is 5.11 Å². The van der Waals surface area contributed by atoms with Crippen molar-refractivity contribution in [3.63, 3.8) is 0 Å². The molecule has 1 aromatic carbocycles. The number of carbonyl (C=O) groups is 3. The molecule has 2 N–H and O–H groups in total. The number of hydrogen-bond donors (Lipinski definition) is 2. The third kappa shape index (κ3) is 1.60. The fraction of sp³-hybridized carbons (Fsp3) is 0.250. The summed E-state index contributed by atoms with van der Waals surface area (Å²) < 4.78 is 0. The zero-order chi connectivity index (χ0) is 12.8. The summed E-state index contributed by atoms with van der Waals surface area (Å²) in [5.41, 5.74) is -0.521. The van der Waals surface area contributed by atoms with Gasteiger partial charge in [0.2, 0.25) is 5.91 Å². The maximum atomic E-state index is 12.1. The van der Waals surface area contributed by atoms with Gasteiger partial charge in [-0.1, -0.05) is 0 Å². The first-order valence-corrected chi connectivity index (χ1v) is 5.07. The van der Waals surface area contributed by atoms with Gasteiger partial charge in [-0.3, -0.25) is 9.59 Å². The van der Waals surface area contributed by atoms with Crippen LogP contribution in [-0.4, -0.2) is 22.8 Å². The van der Waals surface area contributed by atoms with Crippen molar-refractivity contribution in [3.05, 3.63) is 29.3 Å². The lowest BCUT2D eigenvalue weighted by Gasteiger charge is -2.28. The number of carboxylic acids is 1. The number of benzene rings is 1. The first-order chi connectivity index (χ1) is 7.84. The molecule has 0 radical (unpaired) electrons. The first kappa shape index (κ1) is 11.3. The van der Waals surface area contributed by atoms with Crippen LogP contribution in [0.4, 0.5) is 5.69 Å². The van der Waals surface area contributed by atoms with Crippen LogP contribution >= 0.6 is 0 Å². The predicted octanol–water partition coefficient (Wildman–Crippen LogP) is 1.55. The average molecular weight is 233 g/mol. The van der Waals surface area contributed by atoms with Crippen molar-refractivity contribution in [2.45, 2.75) is 13.8 Å². The van der Waals surface area contributed by atoms with E-state index < -0.39 is 11.4 Å². The Labute approximate surface area is 97.4 Å². The number of ketones is 1. The van der Waals surface area contributed by atoms with Crippen LogP contribution in [0.5, 0.6) is 0 Å². The number of amides is 1. The molecule has 1 heterocycles. The van der Waals surface area contributed by atoms with Gasteiger partial charge < -0.3 is 10.4 Å². The van der Waals surface area contributed by atoms with E-state index in [0.29, 0.717) is 5.69 Å².